The van der Waals surface area contributed by atoms with Gasteiger partial charge in [-0.3, -0.25) is 0 Å². The number of hydrogen-bond acceptors (Lipinski definition) is 3. The van der Waals surface area contributed by atoms with Crippen LogP contribution in [0.1, 0.15) is 27.8 Å². The van der Waals surface area contributed by atoms with Crippen molar-refractivity contribution in [1.82, 2.24) is 5.43 Å². The molecule has 0 bridgehead atoms. The molecule has 1 aromatic rings. The molecule has 0 saturated heterocycles. The topological polar surface area (TPSA) is 76.7 Å². The minimum atomic E-state index is -0.675. The Kier molecular flexibility index (Phi) is 4.85. The number of hydrogen-bond donors (Lipinski definition) is 2. The number of urea groups is 1. The predicted octanol–water partition coefficient (Wildman–Crippen LogP) is 1.76. The second-order valence-electron chi connectivity index (χ2n) is 4.19. The standard InChI is InChI=1S/C13H19N3O2/c1-8-5-9(2)12(7-18-4)10(3)11(8)6-15-16-13(14)17/h5-6H,7H2,1-4H3,(H3,14,16,17)/b15-6+. The van der Waals surface area contributed by atoms with Gasteiger partial charge in [0.1, 0.15) is 0 Å². The van der Waals surface area contributed by atoms with Crippen molar-refractivity contribution >= 4 is 12.2 Å². The molecule has 5 heteroatoms. The fraction of sp³-hybridized carbons (Fsp3) is 0.385. The minimum Gasteiger partial charge on any atom is -0.380 e. The fourth-order valence-electron chi connectivity index (χ4n) is 1.97. The molecule has 0 aliphatic heterocycles. The molecule has 1 rings (SSSR count). The van der Waals surface area contributed by atoms with Crippen molar-refractivity contribution < 1.29 is 9.53 Å². The lowest BCUT2D eigenvalue weighted by Gasteiger charge is -2.14. The first-order chi connectivity index (χ1) is 8.47. The molecular formula is C13H19N3O2. The SMILES string of the molecule is COCc1c(C)cc(C)c(/C=N/NC(N)=O)c1C. The number of hydrazone groups is 1. The normalized spacial score (nSPS) is 10.9. The summed E-state index contributed by atoms with van der Waals surface area (Å²) in [4.78, 5) is 10.6. The van der Waals surface area contributed by atoms with E-state index in [1.54, 1.807) is 13.3 Å². The predicted molar refractivity (Wildman–Crippen MR) is 71.7 cm³/mol. The molecule has 0 aliphatic carbocycles. The third kappa shape index (κ3) is 3.30. The summed E-state index contributed by atoms with van der Waals surface area (Å²) in [7, 11) is 1.67. The van der Waals surface area contributed by atoms with Crippen molar-refractivity contribution in [2.45, 2.75) is 27.4 Å². The maximum Gasteiger partial charge on any atom is 0.332 e. The molecule has 98 valence electrons. The van der Waals surface area contributed by atoms with Crippen LogP contribution < -0.4 is 11.2 Å². The van der Waals surface area contributed by atoms with Crippen molar-refractivity contribution in [3.63, 3.8) is 0 Å². The number of rotatable bonds is 4. The molecule has 1 aromatic carbocycles. The number of primary amides is 1. The van der Waals surface area contributed by atoms with Crippen molar-refractivity contribution in [1.29, 1.82) is 0 Å². The molecule has 2 amide bonds. The smallest absolute Gasteiger partial charge is 0.332 e. The Hall–Kier alpha value is -1.88. The van der Waals surface area contributed by atoms with Gasteiger partial charge in [-0.15, -0.1) is 0 Å². The van der Waals surface area contributed by atoms with Crippen molar-refractivity contribution in [3.8, 4) is 0 Å². The van der Waals surface area contributed by atoms with Crippen LogP contribution in [0.25, 0.3) is 0 Å². The highest BCUT2D eigenvalue weighted by Gasteiger charge is 2.09. The lowest BCUT2D eigenvalue weighted by molar-refractivity contribution is 0.184. The Morgan fingerprint density at radius 2 is 2.11 bits per heavy atom. The van der Waals surface area contributed by atoms with Gasteiger partial charge in [-0.25, -0.2) is 10.2 Å². The van der Waals surface area contributed by atoms with E-state index in [1.165, 1.54) is 5.56 Å². The fourth-order valence-corrected chi connectivity index (χ4v) is 1.97. The number of ether oxygens (including phenoxy) is 1. The summed E-state index contributed by atoms with van der Waals surface area (Å²) in [5.41, 5.74) is 12.6. The Bertz CT molecular complexity index is 482. The number of carbonyl (C=O) groups excluding carboxylic acids is 1. The summed E-state index contributed by atoms with van der Waals surface area (Å²) in [5, 5.41) is 3.80. The Morgan fingerprint density at radius 3 is 2.67 bits per heavy atom. The van der Waals surface area contributed by atoms with Crippen LogP contribution in [0.3, 0.4) is 0 Å². The third-order valence-corrected chi connectivity index (χ3v) is 2.85. The van der Waals surface area contributed by atoms with Gasteiger partial charge in [-0.2, -0.15) is 5.10 Å². The van der Waals surface area contributed by atoms with Gasteiger partial charge in [-0.1, -0.05) is 6.07 Å². The van der Waals surface area contributed by atoms with E-state index in [9.17, 15) is 4.79 Å². The number of carbonyl (C=O) groups is 1. The van der Waals surface area contributed by atoms with Crippen molar-refractivity contribution in [3.05, 3.63) is 33.9 Å². The first kappa shape index (κ1) is 14.2. The number of amides is 2. The van der Waals surface area contributed by atoms with E-state index in [0.29, 0.717) is 6.61 Å². The van der Waals surface area contributed by atoms with Gasteiger partial charge < -0.3 is 10.5 Å². The number of aryl methyl sites for hydroxylation is 2. The Labute approximate surface area is 107 Å². The molecule has 3 N–H and O–H groups in total. The van der Waals surface area contributed by atoms with E-state index in [0.717, 1.165) is 22.3 Å². The quantitative estimate of drug-likeness (QED) is 0.630. The first-order valence-electron chi connectivity index (χ1n) is 5.64. The second kappa shape index (κ2) is 6.16. The Balaban J connectivity index is 3.14. The van der Waals surface area contributed by atoms with E-state index in [1.807, 2.05) is 13.8 Å². The highest BCUT2D eigenvalue weighted by molar-refractivity contribution is 5.85. The number of nitrogens with one attached hydrogen (secondary N) is 1. The van der Waals surface area contributed by atoms with Crippen molar-refractivity contribution in [2.24, 2.45) is 10.8 Å². The molecule has 0 aliphatic rings. The lowest BCUT2D eigenvalue weighted by Crippen LogP contribution is -2.24. The lowest BCUT2D eigenvalue weighted by atomic mass is 9.94. The number of methoxy groups -OCH3 is 1. The molecule has 0 aromatic heterocycles. The van der Waals surface area contributed by atoms with Gasteiger partial charge in [0.05, 0.1) is 12.8 Å². The monoisotopic (exact) mass is 249 g/mol. The highest BCUT2D eigenvalue weighted by Crippen LogP contribution is 2.21. The van der Waals surface area contributed by atoms with Crippen LogP contribution in [0.4, 0.5) is 4.79 Å². The van der Waals surface area contributed by atoms with Gasteiger partial charge in [0.15, 0.2) is 0 Å². The van der Waals surface area contributed by atoms with Crippen LogP contribution in [-0.2, 0) is 11.3 Å². The van der Waals surface area contributed by atoms with Crippen LogP contribution in [0, 0.1) is 20.8 Å². The second-order valence-corrected chi connectivity index (χ2v) is 4.19. The summed E-state index contributed by atoms with van der Waals surface area (Å²) >= 11 is 0. The largest absolute Gasteiger partial charge is 0.380 e. The van der Waals surface area contributed by atoms with Crippen LogP contribution in [0.5, 0.6) is 0 Å². The number of nitrogens with two attached hydrogens (primary N) is 1. The zero-order chi connectivity index (χ0) is 13.7. The van der Waals surface area contributed by atoms with Gasteiger partial charge in [-0.05, 0) is 43.0 Å². The van der Waals surface area contributed by atoms with Crippen LogP contribution >= 0.6 is 0 Å². The summed E-state index contributed by atoms with van der Waals surface area (Å²) in [5.74, 6) is 0. The summed E-state index contributed by atoms with van der Waals surface area (Å²) in [6, 6.07) is 1.40. The number of benzene rings is 1. The molecule has 0 heterocycles. The molecule has 0 fully saturated rings. The molecular weight excluding hydrogens is 230 g/mol. The molecule has 5 nitrogen and oxygen atoms in total. The van der Waals surface area contributed by atoms with Gasteiger partial charge in [0.2, 0.25) is 0 Å². The molecule has 0 atom stereocenters. The van der Waals surface area contributed by atoms with E-state index in [4.69, 9.17) is 10.5 Å². The van der Waals surface area contributed by atoms with E-state index in [2.05, 4.69) is 23.5 Å². The van der Waals surface area contributed by atoms with Crippen LogP contribution in [0.2, 0.25) is 0 Å². The van der Waals surface area contributed by atoms with E-state index in [-0.39, 0.29) is 0 Å². The average Bonchev–Trinajstić information content (AvgIpc) is 2.28. The maximum absolute atomic E-state index is 10.6. The summed E-state index contributed by atoms with van der Waals surface area (Å²) < 4.78 is 5.19. The molecule has 0 saturated carbocycles. The molecule has 0 radical (unpaired) electrons. The van der Waals surface area contributed by atoms with Crippen molar-refractivity contribution in [2.75, 3.05) is 7.11 Å². The zero-order valence-electron chi connectivity index (χ0n) is 11.2. The highest BCUT2D eigenvalue weighted by atomic mass is 16.5. The van der Waals surface area contributed by atoms with Gasteiger partial charge in [0.25, 0.3) is 0 Å². The maximum atomic E-state index is 10.6. The molecule has 18 heavy (non-hydrogen) atoms. The third-order valence-electron chi connectivity index (χ3n) is 2.85. The van der Waals surface area contributed by atoms with E-state index < -0.39 is 6.03 Å². The number of nitrogens with zero attached hydrogens (tertiary/aromatic N) is 1. The van der Waals surface area contributed by atoms with E-state index >= 15 is 0 Å². The van der Waals surface area contributed by atoms with Crippen LogP contribution in [0.15, 0.2) is 11.2 Å². The molecule has 0 spiro atoms. The zero-order valence-corrected chi connectivity index (χ0v) is 11.2. The molecule has 0 unspecified atom stereocenters. The summed E-state index contributed by atoms with van der Waals surface area (Å²) in [6.45, 7) is 6.63. The van der Waals surface area contributed by atoms with Crippen LogP contribution in [-0.4, -0.2) is 19.4 Å². The average molecular weight is 249 g/mol. The summed E-state index contributed by atoms with van der Waals surface area (Å²) in [6.07, 6.45) is 1.61. The van der Waals surface area contributed by atoms with Gasteiger partial charge in [0, 0.05) is 12.7 Å². The Morgan fingerprint density at radius 1 is 1.44 bits per heavy atom. The minimum absolute atomic E-state index is 0.558. The first-order valence-corrected chi connectivity index (χ1v) is 5.64. The van der Waals surface area contributed by atoms with Gasteiger partial charge >= 0.3 is 6.03 Å².